The molecule has 0 amide bonds. The van der Waals surface area contributed by atoms with E-state index in [4.69, 9.17) is 14.7 Å². The molecule has 0 fully saturated rings. The van der Waals surface area contributed by atoms with E-state index in [9.17, 15) is 0 Å². The minimum atomic E-state index is 0.673. The van der Waals surface area contributed by atoms with Crippen molar-refractivity contribution in [1.29, 1.82) is 0 Å². The van der Waals surface area contributed by atoms with E-state index >= 15 is 0 Å². The Morgan fingerprint density at radius 1 is 1.20 bits per heavy atom. The Labute approximate surface area is 156 Å². The molecule has 0 aliphatic heterocycles. The molecule has 2 heterocycles. The Balaban J connectivity index is 1.63. The molecule has 0 radical (unpaired) electrons. The Morgan fingerprint density at radius 3 is 2.92 bits per heavy atom. The highest BCUT2D eigenvalue weighted by molar-refractivity contribution is 7.98. The highest BCUT2D eigenvalue weighted by Gasteiger charge is 2.22. The number of nitrogens with zero attached hydrogens (tertiary/aromatic N) is 2. The number of thioether (sulfide) groups is 1. The molecule has 0 saturated carbocycles. The van der Waals surface area contributed by atoms with E-state index in [1.807, 2.05) is 17.4 Å². The fourth-order valence-electron chi connectivity index (χ4n) is 3.17. The average Bonchev–Trinajstić information content (AvgIpc) is 3.21. The zero-order valence-electron chi connectivity index (χ0n) is 14.2. The summed E-state index contributed by atoms with van der Waals surface area (Å²) >= 11 is 3.62. The number of aromatic nitrogens is 2. The van der Waals surface area contributed by atoms with Crippen LogP contribution in [0.25, 0.3) is 10.2 Å². The van der Waals surface area contributed by atoms with Gasteiger partial charge in [0, 0.05) is 23.4 Å². The van der Waals surface area contributed by atoms with E-state index in [0.29, 0.717) is 6.61 Å². The zero-order chi connectivity index (χ0) is 17.1. The van der Waals surface area contributed by atoms with E-state index in [-0.39, 0.29) is 0 Å². The van der Waals surface area contributed by atoms with Crippen LogP contribution in [0.5, 0.6) is 0 Å². The summed E-state index contributed by atoms with van der Waals surface area (Å²) in [5.74, 6) is 2.65. The minimum Gasteiger partial charge on any atom is -0.383 e. The van der Waals surface area contributed by atoms with Crippen LogP contribution in [0.15, 0.2) is 35.2 Å². The molecule has 3 aromatic rings. The summed E-state index contributed by atoms with van der Waals surface area (Å²) in [6, 6.07) is 10.4. The molecule has 1 N–H and O–H groups in total. The van der Waals surface area contributed by atoms with Gasteiger partial charge in [0.1, 0.15) is 16.5 Å². The molecule has 0 unspecified atom stereocenters. The van der Waals surface area contributed by atoms with Crippen molar-refractivity contribution in [1.82, 2.24) is 9.97 Å². The standard InChI is InChI=1S/C19H21N3OS2/c1-23-11-10-20-18-17-14-8-5-9-15(14)25-19(17)22-16(21-18)12-24-13-6-3-2-4-7-13/h2-4,6-7H,5,8-12H2,1H3,(H,20,21,22). The number of methoxy groups -OCH3 is 1. The van der Waals surface area contributed by atoms with Crippen molar-refractivity contribution in [2.45, 2.75) is 29.9 Å². The third-order valence-corrected chi connectivity index (χ3v) is 6.51. The van der Waals surface area contributed by atoms with Crippen molar-refractivity contribution < 1.29 is 4.74 Å². The van der Waals surface area contributed by atoms with Crippen LogP contribution in [0.2, 0.25) is 0 Å². The summed E-state index contributed by atoms with van der Waals surface area (Å²) in [5.41, 5.74) is 1.46. The molecular formula is C19H21N3OS2. The summed E-state index contributed by atoms with van der Waals surface area (Å²) < 4.78 is 5.18. The largest absolute Gasteiger partial charge is 0.383 e. The number of fused-ring (bicyclic) bond motifs is 3. The quantitative estimate of drug-likeness (QED) is 0.488. The predicted molar refractivity (Wildman–Crippen MR) is 106 cm³/mol. The number of nitrogens with one attached hydrogen (secondary N) is 1. The number of benzene rings is 1. The maximum absolute atomic E-state index is 5.18. The molecule has 4 rings (SSSR count). The maximum Gasteiger partial charge on any atom is 0.142 e. The van der Waals surface area contributed by atoms with Gasteiger partial charge in [0.2, 0.25) is 0 Å². The molecule has 1 aromatic carbocycles. The molecule has 1 aliphatic rings. The molecule has 4 nitrogen and oxygen atoms in total. The highest BCUT2D eigenvalue weighted by Crippen LogP contribution is 2.39. The fourth-order valence-corrected chi connectivity index (χ4v) is 5.22. The fraction of sp³-hybridized carbons (Fsp3) is 0.368. The third kappa shape index (κ3) is 3.66. The van der Waals surface area contributed by atoms with E-state index in [0.717, 1.165) is 35.2 Å². The first kappa shape index (κ1) is 16.8. The summed E-state index contributed by atoms with van der Waals surface area (Å²) in [6.45, 7) is 1.43. The van der Waals surface area contributed by atoms with Crippen molar-refractivity contribution in [3.8, 4) is 0 Å². The second-order valence-electron chi connectivity index (χ2n) is 6.05. The van der Waals surface area contributed by atoms with Gasteiger partial charge < -0.3 is 10.1 Å². The second-order valence-corrected chi connectivity index (χ2v) is 8.18. The number of ether oxygens (including phenoxy) is 1. The van der Waals surface area contributed by atoms with Crippen LogP contribution < -0.4 is 5.32 Å². The van der Waals surface area contributed by atoms with Crippen molar-refractivity contribution in [2.24, 2.45) is 0 Å². The average molecular weight is 372 g/mol. The lowest BCUT2D eigenvalue weighted by Gasteiger charge is -2.10. The van der Waals surface area contributed by atoms with Gasteiger partial charge in [0.05, 0.1) is 17.7 Å². The van der Waals surface area contributed by atoms with Gasteiger partial charge >= 0.3 is 0 Å². The Morgan fingerprint density at radius 2 is 2.08 bits per heavy atom. The number of rotatable bonds is 7. The first-order valence-electron chi connectivity index (χ1n) is 8.57. The van der Waals surface area contributed by atoms with E-state index in [1.165, 1.54) is 33.6 Å². The monoisotopic (exact) mass is 371 g/mol. The summed E-state index contributed by atoms with van der Waals surface area (Å²) in [6.07, 6.45) is 3.58. The van der Waals surface area contributed by atoms with Crippen LogP contribution in [-0.4, -0.2) is 30.2 Å². The van der Waals surface area contributed by atoms with Gasteiger partial charge in [-0.25, -0.2) is 9.97 Å². The maximum atomic E-state index is 5.18. The number of hydrogen-bond acceptors (Lipinski definition) is 6. The van der Waals surface area contributed by atoms with Crippen LogP contribution >= 0.6 is 23.1 Å². The number of anilines is 1. The summed E-state index contributed by atoms with van der Waals surface area (Å²) in [5, 5.41) is 4.70. The molecule has 0 saturated heterocycles. The van der Waals surface area contributed by atoms with Crippen molar-refractivity contribution >= 4 is 39.1 Å². The van der Waals surface area contributed by atoms with Crippen molar-refractivity contribution in [2.75, 3.05) is 25.6 Å². The lowest BCUT2D eigenvalue weighted by Crippen LogP contribution is -2.10. The van der Waals surface area contributed by atoms with Crippen LogP contribution in [0, 0.1) is 0 Å². The van der Waals surface area contributed by atoms with Crippen LogP contribution in [0.3, 0.4) is 0 Å². The molecule has 1 aliphatic carbocycles. The van der Waals surface area contributed by atoms with Crippen LogP contribution in [-0.2, 0) is 23.3 Å². The number of aryl methyl sites for hydroxylation is 2. The highest BCUT2D eigenvalue weighted by atomic mass is 32.2. The molecular weight excluding hydrogens is 350 g/mol. The summed E-state index contributed by atoms with van der Waals surface area (Å²) in [4.78, 5) is 13.6. The topological polar surface area (TPSA) is 47.0 Å². The smallest absolute Gasteiger partial charge is 0.142 e. The molecule has 0 bridgehead atoms. The van der Waals surface area contributed by atoms with Crippen molar-refractivity contribution in [3.63, 3.8) is 0 Å². The predicted octanol–water partition coefficient (Wildman–Crippen LogP) is 4.53. The second kappa shape index (κ2) is 7.72. The van der Waals surface area contributed by atoms with Gasteiger partial charge in [0.15, 0.2) is 0 Å². The molecule has 130 valence electrons. The normalized spacial score (nSPS) is 13.3. The number of hydrogen-bond donors (Lipinski definition) is 1. The van der Waals surface area contributed by atoms with E-state index in [2.05, 4.69) is 29.6 Å². The summed E-state index contributed by atoms with van der Waals surface area (Å²) in [7, 11) is 1.72. The molecule has 2 aromatic heterocycles. The molecule has 0 atom stereocenters. The van der Waals surface area contributed by atoms with Gasteiger partial charge in [-0.1, -0.05) is 18.2 Å². The lowest BCUT2D eigenvalue weighted by atomic mass is 10.2. The first-order valence-corrected chi connectivity index (χ1v) is 10.4. The van der Waals surface area contributed by atoms with Crippen molar-refractivity contribution in [3.05, 3.63) is 46.6 Å². The Hall–Kier alpha value is -1.63. The molecule has 25 heavy (non-hydrogen) atoms. The minimum absolute atomic E-state index is 0.673. The Kier molecular flexibility index (Phi) is 5.20. The van der Waals surface area contributed by atoms with Gasteiger partial charge in [0.25, 0.3) is 0 Å². The third-order valence-electron chi connectivity index (χ3n) is 4.32. The first-order chi connectivity index (χ1) is 12.3. The van der Waals surface area contributed by atoms with Gasteiger partial charge in [-0.05, 0) is 37.0 Å². The molecule has 6 heteroatoms. The van der Waals surface area contributed by atoms with Gasteiger partial charge in [-0.3, -0.25) is 0 Å². The van der Waals surface area contributed by atoms with Crippen LogP contribution in [0.1, 0.15) is 22.7 Å². The van der Waals surface area contributed by atoms with E-state index < -0.39 is 0 Å². The Bertz CT molecular complexity index is 864. The number of thiophene rings is 1. The van der Waals surface area contributed by atoms with Gasteiger partial charge in [-0.2, -0.15) is 0 Å². The zero-order valence-corrected chi connectivity index (χ0v) is 15.9. The molecule has 0 spiro atoms. The SMILES string of the molecule is COCCNc1nc(CSc2ccccc2)nc2sc3c(c12)CCC3. The van der Waals surface area contributed by atoms with E-state index in [1.54, 1.807) is 18.9 Å². The van der Waals surface area contributed by atoms with Crippen LogP contribution in [0.4, 0.5) is 5.82 Å². The lowest BCUT2D eigenvalue weighted by molar-refractivity contribution is 0.210. The van der Waals surface area contributed by atoms with Gasteiger partial charge in [-0.15, -0.1) is 23.1 Å².